The van der Waals surface area contributed by atoms with Gasteiger partial charge in [0.15, 0.2) is 5.76 Å². The van der Waals surface area contributed by atoms with Crippen molar-refractivity contribution in [2.24, 2.45) is 0 Å². The van der Waals surface area contributed by atoms with Crippen LogP contribution >= 0.6 is 0 Å². The van der Waals surface area contributed by atoms with E-state index in [2.05, 4.69) is 49.5 Å². The van der Waals surface area contributed by atoms with Crippen LogP contribution in [0.1, 0.15) is 59.0 Å². The number of carbonyl (C=O) groups excluding carboxylic acids is 1. The van der Waals surface area contributed by atoms with Gasteiger partial charge in [-0.15, -0.1) is 0 Å². The van der Waals surface area contributed by atoms with Gasteiger partial charge in [0.2, 0.25) is 0 Å². The van der Waals surface area contributed by atoms with E-state index in [0.29, 0.717) is 28.9 Å². The number of carbonyl (C=O) groups is 1. The lowest BCUT2D eigenvalue weighted by molar-refractivity contribution is 0.0908. The summed E-state index contributed by atoms with van der Waals surface area (Å²) < 4.78 is 7.46. The molecule has 8 nitrogen and oxygen atoms in total. The summed E-state index contributed by atoms with van der Waals surface area (Å²) in [6, 6.07) is 16.3. The quantitative estimate of drug-likeness (QED) is 0.417. The number of hydrogen-bond donors (Lipinski definition) is 1. The fraction of sp³-hybridized carbons (Fsp3) is 0.357. The zero-order valence-corrected chi connectivity index (χ0v) is 20.4. The number of amides is 1. The lowest BCUT2D eigenvalue weighted by Crippen LogP contribution is -2.44. The average molecular weight is 483 g/mol. The number of rotatable bonds is 7. The summed E-state index contributed by atoms with van der Waals surface area (Å²) >= 11 is 0. The maximum atomic E-state index is 13.3. The number of hydrogen-bond acceptors (Lipinski definition) is 6. The van der Waals surface area contributed by atoms with Crippen molar-refractivity contribution >= 4 is 5.91 Å². The van der Waals surface area contributed by atoms with Crippen LogP contribution < -0.4 is 5.32 Å². The molecule has 2 aliphatic rings. The Bertz CT molecular complexity index is 1350. The third-order valence-corrected chi connectivity index (χ3v) is 7.01. The summed E-state index contributed by atoms with van der Waals surface area (Å²) in [5.74, 6) is 2.22. The van der Waals surface area contributed by atoms with Crippen LogP contribution in [0.4, 0.5) is 0 Å². The number of aryl methyl sites for hydroxylation is 1. The molecule has 8 heteroatoms. The predicted octanol–water partition coefficient (Wildman–Crippen LogP) is 4.50. The third-order valence-electron chi connectivity index (χ3n) is 7.01. The molecule has 1 saturated heterocycles. The van der Waals surface area contributed by atoms with E-state index in [1.165, 1.54) is 5.56 Å². The Labute approximate surface area is 210 Å². The molecule has 1 amide bonds. The van der Waals surface area contributed by atoms with E-state index in [0.717, 1.165) is 56.8 Å². The maximum Gasteiger partial charge on any atom is 0.255 e. The molecule has 1 N–H and O–H groups in total. The summed E-state index contributed by atoms with van der Waals surface area (Å²) in [7, 11) is 0. The zero-order valence-electron chi connectivity index (χ0n) is 20.4. The Balaban J connectivity index is 1.15. The van der Waals surface area contributed by atoms with Crippen molar-refractivity contribution in [2.75, 3.05) is 13.1 Å². The van der Waals surface area contributed by atoms with Gasteiger partial charge >= 0.3 is 0 Å². The van der Waals surface area contributed by atoms with Crippen LogP contribution in [-0.2, 0) is 6.54 Å². The Morgan fingerprint density at radius 3 is 2.58 bits per heavy atom. The molecule has 1 aliphatic carbocycles. The minimum Gasteiger partial charge on any atom is -0.460 e. The number of nitrogens with one attached hydrogen (secondary N) is 1. The topological polar surface area (TPSA) is 89.1 Å². The molecule has 1 aromatic carbocycles. The van der Waals surface area contributed by atoms with E-state index in [1.807, 2.05) is 31.2 Å². The van der Waals surface area contributed by atoms with Crippen LogP contribution in [0, 0.1) is 6.92 Å². The van der Waals surface area contributed by atoms with Gasteiger partial charge in [0.25, 0.3) is 11.9 Å². The molecule has 3 aromatic heterocycles. The van der Waals surface area contributed by atoms with Crippen LogP contribution in [0.5, 0.6) is 0 Å². The lowest BCUT2D eigenvalue weighted by atomic mass is 10.0. The van der Waals surface area contributed by atoms with Crippen LogP contribution in [-0.4, -0.2) is 49.7 Å². The highest BCUT2D eigenvalue weighted by Gasteiger charge is 2.34. The number of piperidine rings is 1. The van der Waals surface area contributed by atoms with Crippen LogP contribution in [0.3, 0.4) is 0 Å². The van der Waals surface area contributed by atoms with E-state index < -0.39 is 0 Å². The average Bonchev–Trinajstić information content (AvgIpc) is 3.49. The highest BCUT2D eigenvalue weighted by Crippen LogP contribution is 2.42. The molecule has 1 aliphatic heterocycles. The molecule has 4 aromatic rings. The fourth-order valence-corrected chi connectivity index (χ4v) is 4.94. The smallest absolute Gasteiger partial charge is 0.255 e. The number of furan rings is 1. The molecule has 184 valence electrons. The van der Waals surface area contributed by atoms with Crippen LogP contribution in [0.15, 0.2) is 65.3 Å². The summed E-state index contributed by atoms with van der Waals surface area (Å²) in [6.07, 6.45) is 7.34. The van der Waals surface area contributed by atoms with Gasteiger partial charge in [0.1, 0.15) is 11.5 Å². The molecule has 0 atom stereocenters. The third kappa shape index (κ3) is 4.81. The Morgan fingerprint density at radius 2 is 1.86 bits per heavy atom. The highest BCUT2D eigenvalue weighted by molar-refractivity contribution is 5.95. The molecule has 0 unspecified atom stereocenters. The molecule has 4 heterocycles. The lowest BCUT2D eigenvalue weighted by Gasteiger charge is -2.32. The second kappa shape index (κ2) is 9.70. The predicted molar refractivity (Wildman–Crippen MR) is 136 cm³/mol. The minimum atomic E-state index is -0.0533. The first-order valence-electron chi connectivity index (χ1n) is 12.7. The van der Waals surface area contributed by atoms with Crippen LogP contribution in [0.2, 0.25) is 0 Å². The second-order valence-electron chi connectivity index (χ2n) is 9.79. The monoisotopic (exact) mass is 482 g/mol. The Hall–Kier alpha value is -3.78. The second-order valence-corrected chi connectivity index (χ2v) is 9.79. The molecule has 0 spiro atoms. The van der Waals surface area contributed by atoms with Gasteiger partial charge in [0, 0.05) is 37.8 Å². The summed E-state index contributed by atoms with van der Waals surface area (Å²) in [6.45, 7) is 4.81. The molecular formula is C28H30N6O2. The van der Waals surface area contributed by atoms with Crippen molar-refractivity contribution < 1.29 is 9.21 Å². The molecule has 0 bridgehead atoms. The van der Waals surface area contributed by atoms with Crippen molar-refractivity contribution in [2.45, 2.75) is 51.1 Å². The van der Waals surface area contributed by atoms with E-state index in [9.17, 15) is 4.79 Å². The summed E-state index contributed by atoms with van der Waals surface area (Å²) in [5.41, 5.74) is 3.56. The van der Waals surface area contributed by atoms with Gasteiger partial charge in [-0.2, -0.15) is 5.10 Å². The molecule has 1 saturated carbocycles. The van der Waals surface area contributed by atoms with Gasteiger partial charge < -0.3 is 9.73 Å². The molecule has 36 heavy (non-hydrogen) atoms. The molecule has 2 fully saturated rings. The largest absolute Gasteiger partial charge is 0.460 e. The normalized spacial score (nSPS) is 16.8. The Kier molecular flexibility index (Phi) is 6.11. The number of aromatic nitrogens is 4. The molecule has 6 rings (SSSR count). The van der Waals surface area contributed by atoms with Gasteiger partial charge in [0.05, 0.1) is 17.5 Å². The fourth-order valence-electron chi connectivity index (χ4n) is 4.94. The number of benzene rings is 1. The Morgan fingerprint density at radius 1 is 1.06 bits per heavy atom. The summed E-state index contributed by atoms with van der Waals surface area (Å²) in [4.78, 5) is 24.9. The first-order valence-corrected chi connectivity index (χ1v) is 12.7. The van der Waals surface area contributed by atoms with Crippen LogP contribution in [0.25, 0.3) is 17.4 Å². The first-order chi connectivity index (χ1) is 17.6. The maximum absolute atomic E-state index is 13.3. The van der Waals surface area contributed by atoms with E-state index in [-0.39, 0.29) is 11.9 Å². The standard InChI is InChI=1S/C28H30N6O2/c1-19-7-10-25(36-19)24-11-14-29-28(32-24)34-26(21-8-9-21)23(17-30-34)27(35)31-22-12-15-33(16-13-22)18-20-5-3-2-4-6-20/h2-7,10-11,14,17,21-22H,8-9,12-13,15-16,18H2,1H3,(H,31,35). The van der Waals surface area contributed by atoms with Gasteiger partial charge in [-0.3, -0.25) is 9.69 Å². The van der Waals surface area contributed by atoms with Gasteiger partial charge in [-0.25, -0.2) is 14.6 Å². The van der Waals surface area contributed by atoms with Crippen molar-refractivity contribution in [1.29, 1.82) is 0 Å². The molecule has 0 radical (unpaired) electrons. The highest BCUT2D eigenvalue weighted by atomic mass is 16.3. The van der Waals surface area contributed by atoms with E-state index in [4.69, 9.17) is 4.42 Å². The van der Waals surface area contributed by atoms with Crippen molar-refractivity contribution in [3.63, 3.8) is 0 Å². The number of nitrogens with zero attached hydrogens (tertiary/aromatic N) is 5. The summed E-state index contributed by atoms with van der Waals surface area (Å²) in [5, 5.41) is 7.83. The van der Waals surface area contributed by atoms with Gasteiger partial charge in [-0.1, -0.05) is 30.3 Å². The minimum absolute atomic E-state index is 0.0533. The van der Waals surface area contributed by atoms with E-state index in [1.54, 1.807) is 17.1 Å². The SMILES string of the molecule is Cc1ccc(-c2ccnc(-n3ncc(C(=O)NC4CCN(Cc5ccccc5)CC4)c3C3CC3)n2)o1. The first kappa shape index (κ1) is 22.7. The zero-order chi connectivity index (χ0) is 24.5. The molecular weight excluding hydrogens is 452 g/mol. The van der Waals surface area contributed by atoms with Crippen molar-refractivity contribution in [3.8, 4) is 17.4 Å². The van der Waals surface area contributed by atoms with Crippen molar-refractivity contribution in [1.82, 2.24) is 30.0 Å². The number of likely N-dealkylation sites (tertiary alicyclic amines) is 1. The van der Waals surface area contributed by atoms with Crippen molar-refractivity contribution in [3.05, 3.63) is 83.5 Å². The van der Waals surface area contributed by atoms with Gasteiger partial charge in [-0.05, 0) is 56.4 Å². The van der Waals surface area contributed by atoms with E-state index >= 15 is 0 Å².